The maximum atomic E-state index is 12.9. The van der Waals surface area contributed by atoms with Gasteiger partial charge in [-0.05, 0) is 26.2 Å². The Hall–Kier alpha value is -0.610. The molecule has 1 aliphatic heterocycles. The van der Waals surface area contributed by atoms with Crippen molar-refractivity contribution in [3.05, 3.63) is 0 Å². The van der Waals surface area contributed by atoms with E-state index < -0.39 is 0 Å². The van der Waals surface area contributed by atoms with Crippen LogP contribution >= 0.6 is 0 Å². The van der Waals surface area contributed by atoms with Crippen molar-refractivity contribution in [2.75, 3.05) is 32.7 Å². The standard InChI is InChI=1S/C16H31N3O/c1-3-14(2)18-9-11-19(12-10-18)15(20)16(13-17)7-5-4-6-8-16/h14H,3-13,17H2,1-2H3. The lowest BCUT2D eigenvalue weighted by atomic mass is 9.73. The molecule has 1 aliphatic carbocycles. The lowest BCUT2D eigenvalue weighted by Crippen LogP contribution is -2.56. The molecule has 1 amide bonds. The zero-order valence-electron chi connectivity index (χ0n) is 13.2. The van der Waals surface area contributed by atoms with Gasteiger partial charge in [0.15, 0.2) is 0 Å². The van der Waals surface area contributed by atoms with Gasteiger partial charge in [0.25, 0.3) is 0 Å². The van der Waals surface area contributed by atoms with Gasteiger partial charge in [-0.15, -0.1) is 0 Å². The van der Waals surface area contributed by atoms with E-state index in [-0.39, 0.29) is 5.41 Å². The summed E-state index contributed by atoms with van der Waals surface area (Å²) in [6.07, 6.45) is 6.75. The molecule has 1 unspecified atom stereocenters. The van der Waals surface area contributed by atoms with Crippen LogP contribution in [-0.2, 0) is 4.79 Å². The summed E-state index contributed by atoms with van der Waals surface area (Å²) in [5.74, 6) is 0.337. The highest BCUT2D eigenvalue weighted by atomic mass is 16.2. The molecule has 0 aromatic rings. The Balaban J connectivity index is 1.93. The Labute approximate surface area is 123 Å². The first-order valence-electron chi connectivity index (χ1n) is 8.36. The predicted octanol–water partition coefficient (Wildman–Crippen LogP) is 1.84. The number of nitrogens with two attached hydrogens (primary N) is 1. The normalized spacial score (nSPS) is 25.4. The van der Waals surface area contributed by atoms with Crippen molar-refractivity contribution >= 4 is 5.91 Å². The molecule has 20 heavy (non-hydrogen) atoms. The maximum absolute atomic E-state index is 12.9. The molecule has 116 valence electrons. The average molecular weight is 281 g/mol. The van der Waals surface area contributed by atoms with E-state index in [0.29, 0.717) is 18.5 Å². The van der Waals surface area contributed by atoms with Crippen molar-refractivity contribution in [1.82, 2.24) is 9.80 Å². The molecule has 4 heteroatoms. The molecule has 2 rings (SSSR count). The Morgan fingerprint density at radius 2 is 1.75 bits per heavy atom. The second-order valence-corrected chi connectivity index (χ2v) is 6.63. The van der Waals surface area contributed by atoms with E-state index in [2.05, 4.69) is 23.6 Å². The number of hydrogen-bond donors (Lipinski definition) is 1. The molecule has 0 aromatic carbocycles. The van der Waals surface area contributed by atoms with Gasteiger partial charge in [0, 0.05) is 38.8 Å². The quantitative estimate of drug-likeness (QED) is 0.855. The lowest BCUT2D eigenvalue weighted by Gasteiger charge is -2.43. The fourth-order valence-corrected chi connectivity index (χ4v) is 3.69. The molecule has 1 saturated carbocycles. The number of hydrogen-bond acceptors (Lipinski definition) is 3. The molecule has 0 aromatic heterocycles. The Bertz CT molecular complexity index is 318. The van der Waals surface area contributed by atoms with Gasteiger partial charge in [0.2, 0.25) is 5.91 Å². The second-order valence-electron chi connectivity index (χ2n) is 6.63. The van der Waals surface area contributed by atoms with Crippen LogP contribution in [-0.4, -0.2) is 54.5 Å². The molecule has 0 spiro atoms. The molecular weight excluding hydrogens is 250 g/mol. The van der Waals surface area contributed by atoms with E-state index in [9.17, 15) is 4.79 Å². The summed E-state index contributed by atoms with van der Waals surface area (Å²) < 4.78 is 0. The van der Waals surface area contributed by atoms with Gasteiger partial charge in [0.1, 0.15) is 0 Å². The van der Waals surface area contributed by atoms with Gasteiger partial charge >= 0.3 is 0 Å². The first-order chi connectivity index (χ1) is 9.63. The topological polar surface area (TPSA) is 49.6 Å². The molecule has 1 saturated heterocycles. The van der Waals surface area contributed by atoms with Crippen molar-refractivity contribution in [3.8, 4) is 0 Å². The largest absolute Gasteiger partial charge is 0.340 e. The number of amides is 1. The molecular formula is C16H31N3O. The van der Waals surface area contributed by atoms with E-state index in [1.54, 1.807) is 0 Å². The fourth-order valence-electron chi connectivity index (χ4n) is 3.69. The number of carbonyl (C=O) groups is 1. The van der Waals surface area contributed by atoms with Crippen molar-refractivity contribution < 1.29 is 4.79 Å². The maximum Gasteiger partial charge on any atom is 0.230 e. The number of rotatable bonds is 4. The fraction of sp³-hybridized carbons (Fsp3) is 0.938. The predicted molar refractivity (Wildman–Crippen MR) is 82.5 cm³/mol. The van der Waals surface area contributed by atoms with Crippen LogP contribution in [0.15, 0.2) is 0 Å². The van der Waals surface area contributed by atoms with Crippen LogP contribution in [0.5, 0.6) is 0 Å². The molecule has 0 bridgehead atoms. The molecule has 4 nitrogen and oxygen atoms in total. The molecule has 0 radical (unpaired) electrons. The third-order valence-corrected chi connectivity index (χ3v) is 5.47. The van der Waals surface area contributed by atoms with Crippen molar-refractivity contribution in [2.24, 2.45) is 11.1 Å². The summed E-state index contributed by atoms with van der Waals surface area (Å²) in [4.78, 5) is 17.5. The Morgan fingerprint density at radius 1 is 1.15 bits per heavy atom. The van der Waals surface area contributed by atoms with Crippen LogP contribution in [0.25, 0.3) is 0 Å². The van der Waals surface area contributed by atoms with Crippen molar-refractivity contribution in [2.45, 2.75) is 58.4 Å². The minimum absolute atomic E-state index is 0.239. The lowest BCUT2D eigenvalue weighted by molar-refractivity contribution is -0.145. The smallest absolute Gasteiger partial charge is 0.230 e. The van der Waals surface area contributed by atoms with Crippen LogP contribution < -0.4 is 5.73 Å². The van der Waals surface area contributed by atoms with E-state index in [0.717, 1.165) is 51.9 Å². The number of nitrogens with zero attached hydrogens (tertiary/aromatic N) is 2. The van der Waals surface area contributed by atoms with Crippen molar-refractivity contribution in [3.63, 3.8) is 0 Å². The van der Waals surface area contributed by atoms with Crippen LogP contribution in [0.1, 0.15) is 52.4 Å². The van der Waals surface area contributed by atoms with Crippen LogP contribution in [0.4, 0.5) is 0 Å². The highest BCUT2D eigenvalue weighted by Gasteiger charge is 2.41. The minimum Gasteiger partial charge on any atom is -0.340 e. The molecule has 1 atom stereocenters. The zero-order chi connectivity index (χ0) is 14.6. The summed E-state index contributed by atoms with van der Waals surface area (Å²) in [7, 11) is 0. The summed E-state index contributed by atoms with van der Waals surface area (Å²) in [5.41, 5.74) is 5.75. The summed E-state index contributed by atoms with van der Waals surface area (Å²) >= 11 is 0. The molecule has 1 heterocycles. The average Bonchev–Trinajstić information content (AvgIpc) is 2.54. The molecule has 2 N–H and O–H groups in total. The summed E-state index contributed by atoms with van der Waals surface area (Å²) in [6, 6.07) is 0.630. The summed E-state index contributed by atoms with van der Waals surface area (Å²) in [5, 5.41) is 0. The van der Waals surface area contributed by atoms with E-state index >= 15 is 0 Å². The zero-order valence-corrected chi connectivity index (χ0v) is 13.2. The van der Waals surface area contributed by atoms with E-state index in [1.165, 1.54) is 12.8 Å². The molecule has 2 aliphatic rings. The van der Waals surface area contributed by atoms with Crippen LogP contribution in [0, 0.1) is 5.41 Å². The highest BCUT2D eigenvalue weighted by Crippen LogP contribution is 2.37. The third-order valence-electron chi connectivity index (χ3n) is 5.47. The second kappa shape index (κ2) is 6.90. The van der Waals surface area contributed by atoms with Gasteiger partial charge in [-0.2, -0.15) is 0 Å². The van der Waals surface area contributed by atoms with Gasteiger partial charge in [0.05, 0.1) is 5.41 Å². The first kappa shape index (κ1) is 15.8. The summed E-state index contributed by atoms with van der Waals surface area (Å²) in [6.45, 7) is 8.82. The first-order valence-corrected chi connectivity index (χ1v) is 8.36. The monoisotopic (exact) mass is 281 g/mol. The van der Waals surface area contributed by atoms with Gasteiger partial charge < -0.3 is 10.6 Å². The minimum atomic E-state index is -0.239. The number of carbonyl (C=O) groups excluding carboxylic acids is 1. The van der Waals surface area contributed by atoms with Crippen LogP contribution in [0.3, 0.4) is 0 Å². The molecule has 2 fully saturated rings. The Kier molecular flexibility index (Phi) is 5.44. The van der Waals surface area contributed by atoms with Gasteiger partial charge in [-0.25, -0.2) is 0 Å². The third kappa shape index (κ3) is 3.17. The SMILES string of the molecule is CCC(C)N1CCN(C(=O)C2(CN)CCCCC2)CC1. The van der Waals surface area contributed by atoms with Crippen molar-refractivity contribution in [1.29, 1.82) is 0 Å². The van der Waals surface area contributed by atoms with E-state index in [4.69, 9.17) is 5.73 Å². The number of piperazine rings is 1. The van der Waals surface area contributed by atoms with Gasteiger partial charge in [-0.3, -0.25) is 9.69 Å². The van der Waals surface area contributed by atoms with E-state index in [1.807, 2.05) is 0 Å². The van der Waals surface area contributed by atoms with Crippen LogP contribution in [0.2, 0.25) is 0 Å². The van der Waals surface area contributed by atoms with Gasteiger partial charge in [-0.1, -0.05) is 26.2 Å². The highest BCUT2D eigenvalue weighted by molar-refractivity contribution is 5.83. The Morgan fingerprint density at radius 3 is 2.25 bits per heavy atom.